The first-order valence-electron chi connectivity index (χ1n) is 6.83. The molecule has 8 heteroatoms. The molecule has 22 heavy (non-hydrogen) atoms. The number of aromatic nitrogens is 2. The number of aryl methyl sites for hydroxylation is 1. The number of nitrogens with one attached hydrogen (secondary N) is 1. The molecule has 2 rings (SSSR count). The Bertz CT molecular complexity index is 751. The monoisotopic (exact) mass is 322 g/mol. The molecule has 0 atom stereocenters. The van der Waals surface area contributed by atoms with Crippen LogP contribution >= 0.6 is 0 Å². The molecule has 0 unspecified atom stereocenters. The van der Waals surface area contributed by atoms with Gasteiger partial charge in [-0.3, -0.25) is 9.48 Å². The van der Waals surface area contributed by atoms with Gasteiger partial charge in [0.25, 0.3) is 5.91 Å². The zero-order valence-corrected chi connectivity index (χ0v) is 13.0. The van der Waals surface area contributed by atoms with E-state index in [4.69, 9.17) is 5.14 Å². The summed E-state index contributed by atoms with van der Waals surface area (Å²) in [5.74, 6) is -0.221. The Balaban J connectivity index is 2.00. The van der Waals surface area contributed by atoms with E-state index in [1.165, 1.54) is 12.1 Å². The SMILES string of the molecule is CCCn1nccc1C(=O)NCc1ccc(S(N)(=O)=O)cc1. The van der Waals surface area contributed by atoms with E-state index in [0.29, 0.717) is 18.8 Å². The minimum atomic E-state index is -3.70. The van der Waals surface area contributed by atoms with Gasteiger partial charge in [0.1, 0.15) is 5.69 Å². The van der Waals surface area contributed by atoms with Crippen LogP contribution in [0, 0.1) is 0 Å². The molecule has 1 heterocycles. The van der Waals surface area contributed by atoms with E-state index in [0.717, 1.165) is 12.0 Å². The highest BCUT2D eigenvalue weighted by molar-refractivity contribution is 7.89. The standard InChI is InChI=1S/C14H18N4O3S/c1-2-9-18-13(7-8-17-18)14(19)16-10-11-3-5-12(6-4-11)22(15,20)21/h3-8H,2,9-10H2,1H3,(H,16,19)(H2,15,20,21). The van der Waals surface area contributed by atoms with Crippen LogP contribution in [0.5, 0.6) is 0 Å². The molecule has 0 saturated carbocycles. The van der Waals surface area contributed by atoms with E-state index in [1.807, 2.05) is 6.92 Å². The number of sulfonamides is 1. The molecular weight excluding hydrogens is 304 g/mol. The van der Waals surface area contributed by atoms with Gasteiger partial charge in [-0.1, -0.05) is 19.1 Å². The molecule has 0 spiro atoms. The zero-order valence-electron chi connectivity index (χ0n) is 12.2. The van der Waals surface area contributed by atoms with Crippen molar-refractivity contribution >= 4 is 15.9 Å². The average Bonchev–Trinajstić information content (AvgIpc) is 2.93. The van der Waals surface area contributed by atoms with Gasteiger partial charge in [-0.2, -0.15) is 5.10 Å². The lowest BCUT2D eigenvalue weighted by molar-refractivity contribution is 0.0940. The second kappa shape index (κ2) is 6.71. The molecule has 0 aliphatic carbocycles. The van der Waals surface area contributed by atoms with Gasteiger partial charge >= 0.3 is 0 Å². The van der Waals surface area contributed by atoms with Gasteiger partial charge in [0.2, 0.25) is 10.0 Å². The summed E-state index contributed by atoms with van der Waals surface area (Å²) in [5, 5.41) is 11.9. The number of amides is 1. The molecule has 0 radical (unpaired) electrons. The number of benzene rings is 1. The highest BCUT2D eigenvalue weighted by atomic mass is 32.2. The quantitative estimate of drug-likeness (QED) is 0.822. The molecule has 1 aromatic heterocycles. The van der Waals surface area contributed by atoms with E-state index in [2.05, 4.69) is 10.4 Å². The summed E-state index contributed by atoms with van der Waals surface area (Å²) in [7, 11) is -3.70. The Kier molecular flexibility index (Phi) is 4.94. The van der Waals surface area contributed by atoms with E-state index >= 15 is 0 Å². The number of carbonyl (C=O) groups excluding carboxylic acids is 1. The molecule has 1 amide bonds. The number of carbonyl (C=O) groups is 1. The van der Waals surface area contributed by atoms with Crippen molar-refractivity contribution in [3.05, 3.63) is 47.8 Å². The van der Waals surface area contributed by atoms with Gasteiger partial charge in [0, 0.05) is 19.3 Å². The normalized spacial score (nSPS) is 11.4. The first kappa shape index (κ1) is 16.2. The molecule has 0 aliphatic heterocycles. The highest BCUT2D eigenvalue weighted by Gasteiger charge is 2.11. The summed E-state index contributed by atoms with van der Waals surface area (Å²) in [5.41, 5.74) is 1.28. The molecule has 0 aliphatic rings. The summed E-state index contributed by atoms with van der Waals surface area (Å²) in [6.45, 7) is 2.98. The predicted molar refractivity (Wildman–Crippen MR) is 81.5 cm³/mol. The van der Waals surface area contributed by atoms with Gasteiger partial charge in [-0.25, -0.2) is 13.6 Å². The van der Waals surface area contributed by atoms with E-state index in [-0.39, 0.29) is 10.8 Å². The molecule has 7 nitrogen and oxygen atoms in total. The van der Waals surface area contributed by atoms with Gasteiger partial charge in [0.15, 0.2) is 0 Å². The van der Waals surface area contributed by atoms with Crippen molar-refractivity contribution in [1.29, 1.82) is 0 Å². The van der Waals surface area contributed by atoms with E-state index < -0.39 is 10.0 Å². The van der Waals surface area contributed by atoms with Crippen LogP contribution in [0.1, 0.15) is 29.4 Å². The minimum Gasteiger partial charge on any atom is -0.347 e. The third-order valence-electron chi connectivity index (χ3n) is 3.09. The van der Waals surface area contributed by atoms with Crippen molar-refractivity contribution in [3.63, 3.8) is 0 Å². The Morgan fingerprint density at radius 3 is 2.55 bits per heavy atom. The summed E-state index contributed by atoms with van der Waals surface area (Å²) in [6.07, 6.45) is 2.47. The van der Waals surface area contributed by atoms with Crippen LogP contribution in [0.15, 0.2) is 41.4 Å². The Morgan fingerprint density at radius 2 is 1.95 bits per heavy atom. The van der Waals surface area contributed by atoms with Gasteiger partial charge in [0.05, 0.1) is 4.90 Å². The lowest BCUT2D eigenvalue weighted by Crippen LogP contribution is -2.26. The first-order valence-corrected chi connectivity index (χ1v) is 8.38. The number of nitrogens with two attached hydrogens (primary N) is 1. The van der Waals surface area contributed by atoms with Gasteiger partial charge in [-0.15, -0.1) is 0 Å². The Morgan fingerprint density at radius 1 is 1.27 bits per heavy atom. The maximum atomic E-state index is 12.1. The fourth-order valence-corrected chi connectivity index (χ4v) is 2.50. The fraction of sp³-hybridized carbons (Fsp3) is 0.286. The molecule has 2 aromatic rings. The average molecular weight is 322 g/mol. The van der Waals surface area contributed by atoms with Crippen molar-refractivity contribution in [2.75, 3.05) is 0 Å². The second-order valence-electron chi connectivity index (χ2n) is 4.81. The van der Waals surface area contributed by atoms with Crippen LogP contribution in [-0.4, -0.2) is 24.1 Å². The molecular formula is C14H18N4O3S. The van der Waals surface area contributed by atoms with Crippen molar-refractivity contribution in [2.24, 2.45) is 5.14 Å². The second-order valence-corrected chi connectivity index (χ2v) is 6.37. The lowest BCUT2D eigenvalue weighted by atomic mass is 10.2. The van der Waals surface area contributed by atoms with Crippen molar-refractivity contribution in [2.45, 2.75) is 31.3 Å². The van der Waals surface area contributed by atoms with E-state index in [9.17, 15) is 13.2 Å². The number of rotatable bonds is 6. The summed E-state index contributed by atoms with van der Waals surface area (Å²) in [6, 6.07) is 7.72. The van der Waals surface area contributed by atoms with Crippen molar-refractivity contribution < 1.29 is 13.2 Å². The topological polar surface area (TPSA) is 107 Å². The van der Waals surface area contributed by atoms with Crippen LogP contribution in [-0.2, 0) is 23.1 Å². The summed E-state index contributed by atoms with van der Waals surface area (Å²) in [4.78, 5) is 12.2. The van der Waals surface area contributed by atoms with Crippen LogP contribution in [0.3, 0.4) is 0 Å². The summed E-state index contributed by atoms with van der Waals surface area (Å²) < 4.78 is 24.0. The van der Waals surface area contributed by atoms with Gasteiger partial charge in [-0.05, 0) is 30.2 Å². The molecule has 3 N–H and O–H groups in total. The predicted octanol–water partition coefficient (Wildman–Crippen LogP) is 0.871. The zero-order chi connectivity index (χ0) is 16.2. The number of nitrogens with zero attached hydrogens (tertiary/aromatic N) is 2. The van der Waals surface area contributed by atoms with Crippen LogP contribution in [0.2, 0.25) is 0 Å². The Hall–Kier alpha value is -2.19. The van der Waals surface area contributed by atoms with E-state index in [1.54, 1.807) is 29.1 Å². The van der Waals surface area contributed by atoms with Crippen molar-refractivity contribution in [1.82, 2.24) is 15.1 Å². The third-order valence-corrected chi connectivity index (χ3v) is 4.02. The smallest absolute Gasteiger partial charge is 0.269 e. The lowest BCUT2D eigenvalue weighted by Gasteiger charge is -2.08. The molecule has 118 valence electrons. The summed E-state index contributed by atoms with van der Waals surface area (Å²) >= 11 is 0. The molecule has 1 aromatic carbocycles. The molecule has 0 fully saturated rings. The fourth-order valence-electron chi connectivity index (χ4n) is 1.99. The largest absolute Gasteiger partial charge is 0.347 e. The minimum absolute atomic E-state index is 0.0450. The van der Waals surface area contributed by atoms with Crippen LogP contribution in [0.25, 0.3) is 0 Å². The maximum absolute atomic E-state index is 12.1. The van der Waals surface area contributed by atoms with Crippen LogP contribution in [0.4, 0.5) is 0 Å². The van der Waals surface area contributed by atoms with Crippen LogP contribution < -0.4 is 10.5 Å². The molecule has 0 bridgehead atoms. The Labute approximate surface area is 129 Å². The maximum Gasteiger partial charge on any atom is 0.269 e. The number of primary sulfonamides is 1. The van der Waals surface area contributed by atoms with Crippen molar-refractivity contribution in [3.8, 4) is 0 Å². The highest BCUT2D eigenvalue weighted by Crippen LogP contribution is 2.09. The number of hydrogen-bond donors (Lipinski definition) is 2. The first-order chi connectivity index (χ1) is 10.4. The third kappa shape index (κ3) is 3.92. The van der Waals surface area contributed by atoms with Gasteiger partial charge < -0.3 is 5.32 Å². The molecule has 0 saturated heterocycles. The number of hydrogen-bond acceptors (Lipinski definition) is 4.